The second-order valence-electron chi connectivity index (χ2n) is 2.59. The average Bonchev–Trinajstić information content (AvgIpc) is 2.54. The third-order valence-electron chi connectivity index (χ3n) is 1.91. The van der Waals surface area contributed by atoms with Gasteiger partial charge in [-0.25, -0.2) is 0 Å². The molecular formula is C6H11NO2. The summed E-state index contributed by atoms with van der Waals surface area (Å²) in [5.74, 6) is 0. The Morgan fingerprint density at radius 2 is 2.44 bits per heavy atom. The zero-order valence-corrected chi connectivity index (χ0v) is 5.25. The number of hydrogen-bond donors (Lipinski definition) is 1. The van der Waals surface area contributed by atoms with Gasteiger partial charge in [0, 0.05) is 0 Å². The fraction of sp³-hybridized carbons (Fsp3) is 1.00. The zero-order valence-electron chi connectivity index (χ0n) is 5.25. The predicted molar refractivity (Wildman–Crippen MR) is 32.1 cm³/mol. The topological polar surface area (TPSA) is 47.8 Å². The van der Waals surface area contributed by atoms with Crippen LogP contribution in [0.15, 0.2) is 0 Å². The Kier molecular flexibility index (Phi) is 1.22. The zero-order chi connectivity index (χ0) is 6.27. The van der Waals surface area contributed by atoms with E-state index in [-0.39, 0.29) is 0 Å². The molecule has 9 heavy (non-hydrogen) atoms. The van der Waals surface area contributed by atoms with Crippen molar-refractivity contribution in [2.75, 3.05) is 13.2 Å². The highest BCUT2D eigenvalue weighted by atomic mass is 16.7. The lowest BCUT2D eigenvalue weighted by atomic mass is 10.2. The third kappa shape index (κ3) is 0.852. The lowest BCUT2D eigenvalue weighted by molar-refractivity contribution is 0.0259. The SMILES string of the molecule is NCC[C@H]1OC[C@@H]2O[C@@H]21. The van der Waals surface area contributed by atoms with Crippen molar-refractivity contribution in [3.05, 3.63) is 0 Å². The van der Waals surface area contributed by atoms with Crippen LogP contribution in [0.3, 0.4) is 0 Å². The largest absolute Gasteiger partial charge is 0.373 e. The van der Waals surface area contributed by atoms with Gasteiger partial charge in [-0.15, -0.1) is 0 Å². The highest BCUT2D eigenvalue weighted by molar-refractivity contribution is 4.96. The molecule has 2 N–H and O–H groups in total. The molecule has 52 valence electrons. The standard InChI is InChI=1S/C6H11NO2/c7-2-1-4-6-5(9-6)3-8-4/h4-6H,1-3,7H2/t4-,5+,6-/m1/s1. The van der Waals surface area contributed by atoms with E-state index in [0.29, 0.717) is 24.9 Å². The van der Waals surface area contributed by atoms with E-state index >= 15 is 0 Å². The average molecular weight is 129 g/mol. The molecule has 0 spiro atoms. The Hall–Kier alpha value is -0.120. The first-order valence-electron chi connectivity index (χ1n) is 3.39. The lowest BCUT2D eigenvalue weighted by Gasteiger charge is -2.07. The molecule has 2 heterocycles. The molecule has 2 aliphatic heterocycles. The molecule has 0 unspecified atom stereocenters. The van der Waals surface area contributed by atoms with Crippen LogP contribution in [0.25, 0.3) is 0 Å². The molecule has 0 aliphatic carbocycles. The molecule has 3 atom stereocenters. The number of epoxide rings is 1. The first kappa shape index (κ1) is 5.65. The number of rotatable bonds is 2. The van der Waals surface area contributed by atoms with E-state index in [1.54, 1.807) is 0 Å². The van der Waals surface area contributed by atoms with E-state index in [1.807, 2.05) is 0 Å². The molecule has 0 amide bonds. The predicted octanol–water partition coefficient (Wildman–Crippen LogP) is -0.499. The maximum Gasteiger partial charge on any atom is 0.113 e. The Balaban J connectivity index is 1.84. The summed E-state index contributed by atoms with van der Waals surface area (Å²) in [6.45, 7) is 1.49. The van der Waals surface area contributed by atoms with Gasteiger partial charge in [0.25, 0.3) is 0 Å². The van der Waals surface area contributed by atoms with Crippen LogP contribution in [-0.4, -0.2) is 31.5 Å². The van der Waals surface area contributed by atoms with E-state index in [4.69, 9.17) is 15.2 Å². The molecule has 2 aliphatic rings. The Morgan fingerprint density at radius 3 is 2.89 bits per heavy atom. The highest BCUT2D eigenvalue weighted by Gasteiger charge is 2.50. The van der Waals surface area contributed by atoms with Gasteiger partial charge in [0.2, 0.25) is 0 Å². The number of nitrogens with two attached hydrogens (primary N) is 1. The van der Waals surface area contributed by atoms with Gasteiger partial charge in [0.05, 0.1) is 12.7 Å². The Morgan fingerprint density at radius 1 is 1.56 bits per heavy atom. The van der Waals surface area contributed by atoms with E-state index < -0.39 is 0 Å². The molecule has 3 heteroatoms. The molecular weight excluding hydrogens is 118 g/mol. The van der Waals surface area contributed by atoms with Crippen LogP contribution in [0, 0.1) is 0 Å². The number of fused-ring (bicyclic) bond motifs is 1. The second kappa shape index (κ2) is 1.94. The lowest BCUT2D eigenvalue weighted by Crippen LogP contribution is -2.18. The fourth-order valence-corrected chi connectivity index (χ4v) is 1.34. The van der Waals surface area contributed by atoms with Gasteiger partial charge in [-0.05, 0) is 13.0 Å². The third-order valence-corrected chi connectivity index (χ3v) is 1.91. The summed E-state index contributed by atoms with van der Waals surface area (Å²) in [6.07, 6.45) is 2.07. The molecule has 0 bridgehead atoms. The van der Waals surface area contributed by atoms with E-state index in [0.717, 1.165) is 13.0 Å². The Labute approximate surface area is 54.1 Å². The summed E-state index contributed by atoms with van der Waals surface area (Å²) in [7, 11) is 0. The van der Waals surface area contributed by atoms with Gasteiger partial charge in [-0.3, -0.25) is 0 Å². The van der Waals surface area contributed by atoms with E-state index in [9.17, 15) is 0 Å². The van der Waals surface area contributed by atoms with Crippen LogP contribution >= 0.6 is 0 Å². The summed E-state index contributed by atoms with van der Waals surface area (Å²) in [5, 5.41) is 0. The van der Waals surface area contributed by atoms with Crippen molar-refractivity contribution in [1.82, 2.24) is 0 Å². The summed E-state index contributed by atoms with van der Waals surface area (Å²) in [5.41, 5.74) is 5.35. The van der Waals surface area contributed by atoms with Gasteiger partial charge in [0.15, 0.2) is 0 Å². The summed E-state index contributed by atoms with van der Waals surface area (Å²) >= 11 is 0. The van der Waals surface area contributed by atoms with Gasteiger partial charge in [0.1, 0.15) is 12.2 Å². The molecule has 0 aromatic heterocycles. The van der Waals surface area contributed by atoms with Crippen LogP contribution in [0.4, 0.5) is 0 Å². The molecule has 2 saturated heterocycles. The van der Waals surface area contributed by atoms with Crippen LogP contribution in [0.5, 0.6) is 0 Å². The maximum absolute atomic E-state index is 5.35. The molecule has 2 rings (SSSR count). The summed E-state index contributed by atoms with van der Waals surface area (Å²) in [4.78, 5) is 0. The van der Waals surface area contributed by atoms with Crippen molar-refractivity contribution in [3.8, 4) is 0 Å². The van der Waals surface area contributed by atoms with Crippen molar-refractivity contribution < 1.29 is 9.47 Å². The smallest absolute Gasteiger partial charge is 0.113 e. The maximum atomic E-state index is 5.35. The summed E-state index contributed by atoms with van der Waals surface area (Å²) in [6, 6.07) is 0. The Bertz CT molecular complexity index is 118. The minimum absolute atomic E-state index is 0.306. The first-order valence-corrected chi connectivity index (χ1v) is 3.39. The molecule has 0 radical (unpaired) electrons. The van der Waals surface area contributed by atoms with Crippen molar-refractivity contribution in [3.63, 3.8) is 0 Å². The molecule has 0 aromatic carbocycles. The first-order chi connectivity index (χ1) is 4.42. The van der Waals surface area contributed by atoms with Crippen molar-refractivity contribution in [2.45, 2.75) is 24.7 Å². The van der Waals surface area contributed by atoms with Gasteiger partial charge in [-0.2, -0.15) is 0 Å². The monoisotopic (exact) mass is 129 g/mol. The van der Waals surface area contributed by atoms with Crippen LogP contribution < -0.4 is 5.73 Å². The molecule has 0 saturated carbocycles. The fourth-order valence-electron chi connectivity index (χ4n) is 1.34. The normalized spacial score (nSPS) is 47.0. The van der Waals surface area contributed by atoms with Crippen LogP contribution in [0.2, 0.25) is 0 Å². The van der Waals surface area contributed by atoms with Crippen molar-refractivity contribution >= 4 is 0 Å². The van der Waals surface area contributed by atoms with Crippen molar-refractivity contribution in [2.24, 2.45) is 5.73 Å². The van der Waals surface area contributed by atoms with Gasteiger partial charge >= 0.3 is 0 Å². The van der Waals surface area contributed by atoms with E-state index in [1.165, 1.54) is 0 Å². The molecule has 3 nitrogen and oxygen atoms in total. The van der Waals surface area contributed by atoms with Gasteiger partial charge in [-0.1, -0.05) is 0 Å². The number of ether oxygens (including phenoxy) is 2. The highest BCUT2D eigenvalue weighted by Crippen LogP contribution is 2.35. The minimum Gasteiger partial charge on any atom is -0.373 e. The number of hydrogen-bond acceptors (Lipinski definition) is 3. The second-order valence-corrected chi connectivity index (χ2v) is 2.59. The van der Waals surface area contributed by atoms with Crippen molar-refractivity contribution in [1.29, 1.82) is 0 Å². The summed E-state index contributed by atoms with van der Waals surface area (Å²) < 4.78 is 10.6. The van der Waals surface area contributed by atoms with Gasteiger partial charge < -0.3 is 15.2 Å². The van der Waals surface area contributed by atoms with Crippen LogP contribution in [-0.2, 0) is 9.47 Å². The van der Waals surface area contributed by atoms with E-state index in [2.05, 4.69) is 0 Å². The molecule has 0 aromatic rings. The quantitative estimate of drug-likeness (QED) is 0.511. The van der Waals surface area contributed by atoms with Crippen LogP contribution in [0.1, 0.15) is 6.42 Å². The molecule has 2 fully saturated rings. The minimum atomic E-state index is 0.306.